The van der Waals surface area contributed by atoms with Gasteiger partial charge in [-0.1, -0.05) is 24.3 Å². The summed E-state index contributed by atoms with van der Waals surface area (Å²) in [5.41, 5.74) is 9.74. The number of hydrogen-bond acceptors (Lipinski definition) is 6. The Morgan fingerprint density at radius 1 is 1.19 bits per heavy atom. The van der Waals surface area contributed by atoms with Gasteiger partial charge in [-0.25, -0.2) is 4.98 Å². The normalized spacial score (nSPS) is 20.3. The number of ether oxygens (including phenoxy) is 1. The van der Waals surface area contributed by atoms with Gasteiger partial charge in [0.2, 0.25) is 5.95 Å². The number of nitrogens with two attached hydrogens (primary N) is 1. The molecule has 2 aromatic rings. The van der Waals surface area contributed by atoms with Gasteiger partial charge in [0.25, 0.3) is 0 Å². The molecule has 2 saturated heterocycles. The minimum atomic E-state index is 0.324. The molecule has 6 nitrogen and oxygen atoms in total. The molecule has 0 aliphatic carbocycles. The Balaban J connectivity index is 1.51. The average Bonchev–Trinajstić information content (AvgIpc) is 3.36. The van der Waals surface area contributed by atoms with Crippen LogP contribution in [0, 0.1) is 0 Å². The molecule has 6 heteroatoms. The van der Waals surface area contributed by atoms with Crippen molar-refractivity contribution >= 4 is 11.8 Å². The van der Waals surface area contributed by atoms with Crippen molar-refractivity contribution in [2.75, 3.05) is 44.0 Å². The van der Waals surface area contributed by atoms with Gasteiger partial charge < -0.3 is 15.4 Å². The topological polar surface area (TPSA) is 67.5 Å². The van der Waals surface area contributed by atoms with Gasteiger partial charge in [0.05, 0.1) is 12.3 Å². The number of anilines is 2. The summed E-state index contributed by atoms with van der Waals surface area (Å²) in [4.78, 5) is 13.6. The fraction of sp³-hybridized carbons (Fsp3) is 0.524. The van der Waals surface area contributed by atoms with Crippen molar-refractivity contribution in [2.45, 2.75) is 38.3 Å². The molecular formula is C21H29N5O. The first-order valence-corrected chi connectivity index (χ1v) is 9.91. The van der Waals surface area contributed by atoms with Crippen molar-refractivity contribution in [2.24, 2.45) is 0 Å². The van der Waals surface area contributed by atoms with Crippen LogP contribution in [0.3, 0.4) is 0 Å². The van der Waals surface area contributed by atoms with Crippen molar-refractivity contribution in [3.8, 4) is 0 Å². The zero-order chi connectivity index (χ0) is 18.6. The van der Waals surface area contributed by atoms with Gasteiger partial charge in [-0.3, -0.25) is 4.90 Å². The largest absolute Gasteiger partial charge is 0.381 e. The summed E-state index contributed by atoms with van der Waals surface area (Å²) in [5, 5.41) is 0. The van der Waals surface area contributed by atoms with E-state index in [-0.39, 0.29) is 0 Å². The SMILES string of the molecule is CN(Cc1ccccc1CN1CCCC1)c1cc([C@@H]2CCOC2)nc(N)n1. The van der Waals surface area contributed by atoms with Crippen molar-refractivity contribution in [1.82, 2.24) is 14.9 Å². The Morgan fingerprint density at radius 3 is 2.70 bits per heavy atom. The Hall–Kier alpha value is -2.18. The minimum absolute atomic E-state index is 0.324. The lowest BCUT2D eigenvalue weighted by Crippen LogP contribution is -2.23. The molecular weight excluding hydrogens is 338 g/mol. The predicted octanol–water partition coefficient (Wildman–Crippen LogP) is 2.79. The number of benzene rings is 1. The molecule has 4 rings (SSSR count). The average molecular weight is 367 g/mol. The zero-order valence-electron chi connectivity index (χ0n) is 16.1. The summed E-state index contributed by atoms with van der Waals surface area (Å²) in [7, 11) is 2.07. The van der Waals surface area contributed by atoms with Crippen LogP contribution >= 0.6 is 0 Å². The van der Waals surface area contributed by atoms with Crippen LogP contribution in [0.1, 0.15) is 42.0 Å². The molecule has 2 aliphatic rings. The van der Waals surface area contributed by atoms with E-state index in [9.17, 15) is 0 Å². The smallest absolute Gasteiger partial charge is 0.222 e. The summed E-state index contributed by atoms with van der Waals surface area (Å²) in [6.45, 7) is 5.77. The van der Waals surface area contributed by atoms with E-state index in [4.69, 9.17) is 10.5 Å². The van der Waals surface area contributed by atoms with E-state index in [0.717, 1.165) is 44.2 Å². The van der Waals surface area contributed by atoms with Crippen LogP contribution < -0.4 is 10.6 Å². The number of likely N-dealkylation sites (tertiary alicyclic amines) is 1. The Morgan fingerprint density at radius 2 is 1.96 bits per heavy atom. The lowest BCUT2D eigenvalue weighted by atomic mass is 10.0. The second-order valence-corrected chi connectivity index (χ2v) is 7.68. The summed E-state index contributed by atoms with van der Waals surface area (Å²) < 4.78 is 5.51. The van der Waals surface area contributed by atoms with Crippen molar-refractivity contribution < 1.29 is 4.74 Å². The van der Waals surface area contributed by atoms with Crippen LogP contribution in [0.5, 0.6) is 0 Å². The third kappa shape index (κ3) is 4.39. The van der Waals surface area contributed by atoms with Gasteiger partial charge in [-0.05, 0) is 43.5 Å². The first-order valence-electron chi connectivity index (χ1n) is 9.91. The highest BCUT2D eigenvalue weighted by Gasteiger charge is 2.21. The molecule has 0 saturated carbocycles. The molecule has 2 fully saturated rings. The second-order valence-electron chi connectivity index (χ2n) is 7.68. The van der Waals surface area contributed by atoms with E-state index < -0.39 is 0 Å². The maximum Gasteiger partial charge on any atom is 0.222 e. The third-order valence-electron chi connectivity index (χ3n) is 5.61. The summed E-state index contributed by atoms with van der Waals surface area (Å²) >= 11 is 0. The van der Waals surface area contributed by atoms with Gasteiger partial charge in [0, 0.05) is 38.7 Å². The lowest BCUT2D eigenvalue weighted by molar-refractivity contribution is 0.193. The molecule has 0 spiro atoms. The highest BCUT2D eigenvalue weighted by atomic mass is 16.5. The second kappa shape index (κ2) is 8.23. The molecule has 0 radical (unpaired) electrons. The summed E-state index contributed by atoms with van der Waals surface area (Å²) in [5.74, 6) is 1.54. The van der Waals surface area contributed by atoms with Gasteiger partial charge in [0.15, 0.2) is 0 Å². The van der Waals surface area contributed by atoms with Gasteiger partial charge in [-0.15, -0.1) is 0 Å². The highest BCUT2D eigenvalue weighted by molar-refractivity contribution is 5.45. The molecule has 1 aromatic carbocycles. The lowest BCUT2D eigenvalue weighted by Gasteiger charge is -2.23. The van der Waals surface area contributed by atoms with E-state index in [1.807, 2.05) is 0 Å². The Kier molecular flexibility index (Phi) is 5.55. The van der Waals surface area contributed by atoms with Crippen LogP contribution in [-0.4, -0.2) is 48.2 Å². The number of rotatable bonds is 6. The fourth-order valence-electron chi connectivity index (χ4n) is 4.03. The van der Waals surface area contributed by atoms with Crippen molar-refractivity contribution in [3.63, 3.8) is 0 Å². The maximum atomic E-state index is 6.00. The number of aromatic nitrogens is 2. The van der Waals surface area contributed by atoms with Crippen LogP contribution in [0.4, 0.5) is 11.8 Å². The van der Waals surface area contributed by atoms with Crippen LogP contribution in [-0.2, 0) is 17.8 Å². The summed E-state index contributed by atoms with van der Waals surface area (Å²) in [6.07, 6.45) is 3.63. The van der Waals surface area contributed by atoms with E-state index in [1.54, 1.807) is 0 Å². The fourth-order valence-corrected chi connectivity index (χ4v) is 4.03. The van der Waals surface area contributed by atoms with Gasteiger partial charge in [0.1, 0.15) is 5.82 Å². The molecule has 27 heavy (non-hydrogen) atoms. The minimum Gasteiger partial charge on any atom is -0.381 e. The molecule has 0 amide bonds. The number of nitrogen functional groups attached to an aromatic ring is 1. The number of nitrogens with zero attached hydrogens (tertiary/aromatic N) is 4. The molecule has 0 bridgehead atoms. The van der Waals surface area contributed by atoms with Crippen molar-refractivity contribution in [3.05, 3.63) is 47.2 Å². The molecule has 2 aliphatic heterocycles. The molecule has 1 atom stereocenters. The third-order valence-corrected chi connectivity index (χ3v) is 5.61. The predicted molar refractivity (Wildman–Crippen MR) is 108 cm³/mol. The van der Waals surface area contributed by atoms with E-state index in [2.05, 4.69) is 57.1 Å². The summed E-state index contributed by atoms with van der Waals surface area (Å²) in [6, 6.07) is 10.8. The van der Waals surface area contributed by atoms with Gasteiger partial charge in [-0.2, -0.15) is 4.98 Å². The first-order chi connectivity index (χ1) is 13.2. The van der Waals surface area contributed by atoms with Crippen LogP contribution in [0.2, 0.25) is 0 Å². The van der Waals surface area contributed by atoms with Crippen molar-refractivity contribution in [1.29, 1.82) is 0 Å². The van der Waals surface area contributed by atoms with Crippen LogP contribution in [0.15, 0.2) is 30.3 Å². The van der Waals surface area contributed by atoms with E-state index in [1.165, 1.54) is 37.1 Å². The van der Waals surface area contributed by atoms with Crippen LogP contribution in [0.25, 0.3) is 0 Å². The molecule has 1 aromatic heterocycles. The zero-order valence-corrected chi connectivity index (χ0v) is 16.1. The number of hydrogen-bond donors (Lipinski definition) is 1. The van der Waals surface area contributed by atoms with Gasteiger partial charge >= 0.3 is 0 Å². The molecule has 2 N–H and O–H groups in total. The quantitative estimate of drug-likeness (QED) is 0.847. The first kappa shape index (κ1) is 18.2. The maximum absolute atomic E-state index is 6.00. The molecule has 144 valence electrons. The Bertz CT molecular complexity index is 769. The highest BCUT2D eigenvalue weighted by Crippen LogP contribution is 2.27. The van der Waals surface area contributed by atoms with E-state index in [0.29, 0.717) is 11.9 Å². The van der Waals surface area contributed by atoms with E-state index >= 15 is 0 Å². The molecule has 0 unspecified atom stereocenters. The Labute approximate surface area is 161 Å². The standard InChI is InChI=1S/C21H29N5O/c1-25(20-12-19(23-21(22)24-20)18-8-11-27-15-18)13-16-6-2-3-7-17(16)14-26-9-4-5-10-26/h2-3,6-7,12,18H,4-5,8-11,13-15H2,1H3,(H2,22,23,24)/t18-/m1/s1. The monoisotopic (exact) mass is 367 g/mol. The molecule has 3 heterocycles.